The Morgan fingerprint density at radius 3 is 2.17 bits per heavy atom. The van der Waals surface area contributed by atoms with Crippen molar-refractivity contribution < 1.29 is 24.2 Å². The highest BCUT2D eigenvalue weighted by molar-refractivity contribution is 5.86. The number of hydrogen-bond donors (Lipinski definition) is 3. The van der Waals surface area contributed by atoms with Crippen LogP contribution in [0.3, 0.4) is 0 Å². The number of allylic oxidation sites excluding steroid dienone is 2. The number of ether oxygens (including phenoxy) is 1. The third-order valence-corrected chi connectivity index (χ3v) is 5.80. The molecule has 0 aromatic heterocycles. The Hall–Kier alpha value is -2.93. The monoisotopic (exact) mass is 486 g/mol. The van der Waals surface area contributed by atoms with E-state index in [9.17, 15) is 14.4 Å². The number of amides is 2. The van der Waals surface area contributed by atoms with Crippen molar-refractivity contribution in [3.63, 3.8) is 0 Å². The molecule has 0 spiro atoms. The first-order chi connectivity index (χ1) is 16.5. The molecule has 7 heteroatoms. The van der Waals surface area contributed by atoms with Gasteiger partial charge in [-0.05, 0) is 37.2 Å². The molecule has 1 rings (SSSR count). The zero-order chi connectivity index (χ0) is 26.4. The summed E-state index contributed by atoms with van der Waals surface area (Å²) in [5.74, 6) is -1.94. The normalized spacial score (nSPS) is 14.7. The molecule has 0 saturated heterocycles. The van der Waals surface area contributed by atoms with Crippen molar-refractivity contribution in [1.29, 1.82) is 0 Å². The van der Waals surface area contributed by atoms with Crippen LogP contribution in [0.1, 0.15) is 52.5 Å². The Bertz CT molecular complexity index is 831. The van der Waals surface area contributed by atoms with Crippen LogP contribution in [-0.2, 0) is 25.5 Å². The van der Waals surface area contributed by atoms with Crippen LogP contribution < -0.4 is 10.6 Å². The van der Waals surface area contributed by atoms with E-state index in [1.807, 2.05) is 51.1 Å². The van der Waals surface area contributed by atoms with Gasteiger partial charge in [0.15, 0.2) is 0 Å². The van der Waals surface area contributed by atoms with E-state index in [2.05, 4.69) is 23.8 Å². The smallest absolute Gasteiger partial charge is 0.309 e. The van der Waals surface area contributed by atoms with E-state index < -0.39 is 23.4 Å². The minimum atomic E-state index is -0.620. The largest absolute Gasteiger partial charge is 0.463 e. The van der Waals surface area contributed by atoms with E-state index in [0.29, 0.717) is 19.3 Å². The van der Waals surface area contributed by atoms with E-state index in [0.717, 1.165) is 5.56 Å². The molecule has 194 valence electrons. The highest BCUT2D eigenvalue weighted by Crippen LogP contribution is 2.22. The van der Waals surface area contributed by atoms with Gasteiger partial charge in [0.25, 0.3) is 0 Å². The summed E-state index contributed by atoms with van der Waals surface area (Å²) in [5, 5.41) is 14.8. The lowest BCUT2D eigenvalue weighted by atomic mass is 9.86. The molecule has 2 amide bonds. The zero-order valence-electron chi connectivity index (χ0n) is 21.6. The molecule has 1 aromatic rings. The summed E-state index contributed by atoms with van der Waals surface area (Å²) in [6.07, 6.45) is 4.63. The van der Waals surface area contributed by atoms with Crippen LogP contribution >= 0.6 is 0 Å². The highest BCUT2D eigenvalue weighted by atomic mass is 16.5. The molecule has 35 heavy (non-hydrogen) atoms. The number of carbonyl (C=O) groups excluding carboxylic acids is 3. The fourth-order valence-electron chi connectivity index (χ4n) is 3.53. The maximum atomic E-state index is 13.1. The number of carbonyl (C=O) groups is 3. The summed E-state index contributed by atoms with van der Waals surface area (Å²) in [5.41, 5.74) is 0.647. The lowest BCUT2D eigenvalue weighted by Crippen LogP contribution is -2.50. The van der Waals surface area contributed by atoms with Gasteiger partial charge in [-0.1, -0.05) is 63.3 Å². The Morgan fingerprint density at radius 2 is 1.63 bits per heavy atom. The van der Waals surface area contributed by atoms with Gasteiger partial charge in [-0.25, -0.2) is 0 Å². The average molecular weight is 487 g/mol. The topological polar surface area (TPSA) is 105 Å². The standard InChI is InChI=1S/C28H42N2O5/c1-7-12-22(17-25(32)29-20(3)18-31)26(33)30-24(28(4,5)6)19-35-27(34)23(13-8-2)16-21-14-10-9-11-15-21/h7-11,14-15,20,22-24,31H,1-2,12-13,16-19H2,3-6H3,(H,29,32)(H,30,33)/t20-,22+,23+,24+/m0/s1. The Kier molecular flexibility index (Phi) is 13.0. The van der Waals surface area contributed by atoms with Gasteiger partial charge in [0.2, 0.25) is 11.8 Å². The molecule has 0 radical (unpaired) electrons. The van der Waals surface area contributed by atoms with Crippen molar-refractivity contribution in [2.24, 2.45) is 17.3 Å². The van der Waals surface area contributed by atoms with E-state index in [-0.39, 0.29) is 43.3 Å². The summed E-state index contributed by atoms with van der Waals surface area (Å²) in [6, 6.07) is 8.89. The van der Waals surface area contributed by atoms with Gasteiger partial charge < -0.3 is 20.5 Å². The van der Waals surface area contributed by atoms with E-state index in [1.165, 1.54) is 0 Å². The highest BCUT2D eigenvalue weighted by Gasteiger charge is 2.31. The maximum Gasteiger partial charge on any atom is 0.309 e. The molecule has 7 nitrogen and oxygen atoms in total. The predicted molar refractivity (Wildman–Crippen MR) is 138 cm³/mol. The van der Waals surface area contributed by atoms with Gasteiger partial charge in [0, 0.05) is 12.5 Å². The number of benzene rings is 1. The third kappa shape index (κ3) is 11.4. The van der Waals surface area contributed by atoms with Gasteiger partial charge in [-0.3, -0.25) is 14.4 Å². The van der Waals surface area contributed by atoms with Crippen molar-refractivity contribution in [3.05, 3.63) is 61.2 Å². The van der Waals surface area contributed by atoms with Gasteiger partial charge in [0.05, 0.1) is 24.5 Å². The summed E-state index contributed by atoms with van der Waals surface area (Å²) < 4.78 is 5.68. The Morgan fingerprint density at radius 1 is 1.03 bits per heavy atom. The summed E-state index contributed by atoms with van der Waals surface area (Å²) in [7, 11) is 0. The Labute approximate surface area is 210 Å². The van der Waals surface area contributed by atoms with Gasteiger partial charge in [0.1, 0.15) is 6.61 Å². The number of aliphatic hydroxyl groups excluding tert-OH is 1. The molecule has 0 aliphatic heterocycles. The van der Waals surface area contributed by atoms with Crippen molar-refractivity contribution in [2.75, 3.05) is 13.2 Å². The van der Waals surface area contributed by atoms with Gasteiger partial charge in [-0.2, -0.15) is 0 Å². The van der Waals surface area contributed by atoms with Crippen molar-refractivity contribution >= 4 is 17.8 Å². The zero-order valence-corrected chi connectivity index (χ0v) is 21.6. The van der Waals surface area contributed by atoms with E-state index in [1.54, 1.807) is 19.1 Å². The molecule has 0 aliphatic rings. The molecular weight excluding hydrogens is 444 g/mol. The SMILES string of the molecule is C=CC[C@H](CC(=O)N[C@@H](C)CO)C(=O)N[C@H](COC(=O)[C@H](CC=C)Cc1ccccc1)C(C)(C)C. The minimum absolute atomic E-state index is 0.0189. The van der Waals surface area contributed by atoms with Crippen molar-refractivity contribution in [2.45, 2.75) is 65.5 Å². The predicted octanol–water partition coefficient (Wildman–Crippen LogP) is 3.57. The van der Waals surface area contributed by atoms with E-state index >= 15 is 0 Å². The van der Waals surface area contributed by atoms with Crippen LogP contribution in [0.2, 0.25) is 0 Å². The number of rotatable bonds is 15. The first kappa shape index (κ1) is 30.1. The second-order valence-corrected chi connectivity index (χ2v) is 10.0. The molecule has 0 aliphatic carbocycles. The van der Waals surface area contributed by atoms with Crippen LogP contribution in [0.15, 0.2) is 55.6 Å². The summed E-state index contributed by atoms with van der Waals surface area (Å²) in [4.78, 5) is 38.2. The lowest BCUT2D eigenvalue weighted by molar-refractivity contribution is -0.150. The molecule has 1 aromatic carbocycles. The molecule has 0 saturated carbocycles. The molecule has 3 N–H and O–H groups in total. The number of esters is 1. The molecule has 0 unspecified atom stereocenters. The molecule has 4 atom stereocenters. The molecule has 0 fully saturated rings. The fraction of sp³-hybridized carbons (Fsp3) is 0.536. The van der Waals surface area contributed by atoms with Crippen molar-refractivity contribution in [3.8, 4) is 0 Å². The molecule has 0 bridgehead atoms. The minimum Gasteiger partial charge on any atom is -0.463 e. The maximum absolute atomic E-state index is 13.1. The molecule has 0 heterocycles. The van der Waals surface area contributed by atoms with Gasteiger partial charge >= 0.3 is 5.97 Å². The van der Waals surface area contributed by atoms with Crippen LogP contribution in [0, 0.1) is 17.3 Å². The summed E-state index contributed by atoms with van der Waals surface area (Å²) >= 11 is 0. The van der Waals surface area contributed by atoms with E-state index in [4.69, 9.17) is 9.84 Å². The second-order valence-electron chi connectivity index (χ2n) is 10.0. The number of nitrogens with one attached hydrogen (secondary N) is 2. The number of aliphatic hydroxyl groups is 1. The van der Waals surface area contributed by atoms with Crippen LogP contribution in [-0.4, -0.2) is 48.2 Å². The quantitative estimate of drug-likeness (QED) is 0.260. The van der Waals surface area contributed by atoms with Crippen LogP contribution in [0.25, 0.3) is 0 Å². The Balaban J connectivity index is 2.84. The third-order valence-electron chi connectivity index (χ3n) is 5.80. The van der Waals surface area contributed by atoms with Crippen LogP contribution in [0.5, 0.6) is 0 Å². The lowest BCUT2D eigenvalue weighted by Gasteiger charge is -2.32. The molecular formula is C28H42N2O5. The average Bonchev–Trinajstić information content (AvgIpc) is 2.80. The first-order valence-corrected chi connectivity index (χ1v) is 12.1. The van der Waals surface area contributed by atoms with Crippen molar-refractivity contribution in [1.82, 2.24) is 10.6 Å². The number of hydrogen-bond acceptors (Lipinski definition) is 5. The first-order valence-electron chi connectivity index (χ1n) is 12.1. The summed E-state index contributed by atoms with van der Waals surface area (Å²) in [6.45, 7) is 14.8. The fourth-order valence-corrected chi connectivity index (χ4v) is 3.53. The second kappa shape index (κ2) is 15.1. The van der Waals surface area contributed by atoms with Crippen LogP contribution in [0.4, 0.5) is 0 Å². The van der Waals surface area contributed by atoms with Gasteiger partial charge in [-0.15, -0.1) is 13.2 Å².